The lowest BCUT2D eigenvalue weighted by atomic mass is 9.90. The Morgan fingerprint density at radius 3 is 2.16 bits per heavy atom. The maximum atomic E-state index is 12.4. The van der Waals surface area contributed by atoms with E-state index in [4.69, 9.17) is 11.6 Å². The van der Waals surface area contributed by atoms with E-state index in [1.54, 1.807) is 13.8 Å². The Morgan fingerprint density at radius 1 is 0.960 bits per heavy atom. The molecule has 5 heteroatoms. The van der Waals surface area contributed by atoms with Crippen molar-refractivity contribution in [1.29, 1.82) is 0 Å². The van der Waals surface area contributed by atoms with Crippen LogP contribution in [0.5, 0.6) is 0 Å². The van der Waals surface area contributed by atoms with Gasteiger partial charge in [0.1, 0.15) is 5.41 Å². The quantitative estimate of drug-likeness (QED) is 0.767. The molecule has 0 aromatic heterocycles. The van der Waals surface area contributed by atoms with E-state index in [-0.39, 0.29) is 11.8 Å². The number of anilines is 1. The molecule has 25 heavy (non-hydrogen) atoms. The van der Waals surface area contributed by atoms with E-state index in [2.05, 4.69) is 10.6 Å². The van der Waals surface area contributed by atoms with E-state index in [9.17, 15) is 9.59 Å². The van der Waals surface area contributed by atoms with E-state index in [0.29, 0.717) is 23.7 Å². The van der Waals surface area contributed by atoms with Crippen LogP contribution in [0.3, 0.4) is 0 Å². The second kappa shape index (κ2) is 8.17. The highest BCUT2D eigenvalue weighted by Crippen LogP contribution is 2.19. The van der Waals surface area contributed by atoms with Gasteiger partial charge in [0.25, 0.3) is 0 Å². The summed E-state index contributed by atoms with van der Waals surface area (Å²) in [7, 11) is 0. The Hall–Kier alpha value is -2.33. The van der Waals surface area contributed by atoms with Crippen LogP contribution in [-0.2, 0) is 16.0 Å². The van der Waals surface area contributed by atoms with E-state index >= 15 is 0 Å². The van der Waals surface area contributed by atoms with Gasteiger partial charge in [-0.25, -0.2) is 0 Å². The molecule has 2 aromatic rings. The Labute approximate surface area is 153 Å². The number of benzene rings is 2. The summed E-state index contributed by atoms with van der Waals surface area (Å²) < 4.78 is 0. The number of amides is 2. The number of rotatable bonds is 6. The Morgan fingerprint density at radius 2 is 1.56 bits per heavy atom. The second-order valence-corrected chi connectivity index (χ2v) is 7.01. The molecule has 0 atom stereocenters. The number of carbonyl (C=O) groups is 2. The van der Waals surface area contributed by atoms with Crippen LogP contribution in [0.2, 0.25) is 5.02 Å². The third kappa shape index (κ3) is 5.33. The molecule has 0 saturated heterocycles. The molecule has 0 heterocycles. The summed E-state index contributed by atoms with van der Waals surface area (Å²) in [5, 5.41) is 6.30. The van der Waals surface area contributed by atoms with Crippen molar-refractivity contribution in [2.45, 2.75) is 27.2 Å². The van der Waals surface area contributed by atoms with Gasteiger partial charge in [0.05, 0.1) is 0 Å². The van der Waals surface area contributed by atoms with Gasteiger partial charge in [-0.05, 0) is 57.0 Å². The van der Waals surface area contributed by atoms with Crippen LogP contribution in [0.1, 0.15) is 25.0 Å². The third-order valence-electron chi connectivity index (χ3n) is 4.06. The van der Waals surface area contributed by atoms with E-state index in [1.807, 2.05) is 55.5 Å². The van der Waals surface area contributed by atoms with Crippen molar-refractivity contribution in [3.63, 3.8) is 0 Å². The number of aryl methyl sites for hydroxylation is 1. The van der Waals surface area contributed by atoms with Gasteiger partial charge in [-0.1, -0.05) is 41.4 Å². The lowest BCUT2D eigenvalue weighted by Gasteiger charge is -2.22. The fourth-order valence-corrected chi connectivity index (χ4v) is 2.35. The van der Waals surface area contributed by atoms with Crippen LogP contribution in [0.15, 0.2) is 48.5 Å². The average molecular weight is 359 g/mol. The number of nitrogens with one attached hydrogen (secondary N) is 2. The first-order valence-electron chi connectivity index (χ1n) is 8.20. The summed E-state index contributed by atoms with van der Waals surface area (Å²) in [5.74, 6) is -0.633. The first-order chi connectivity index (χ1) is 11.8. The molecule has 0 aliphatic carbocycles. The first-order valence-corrected chi connectivity index (χ1v) is 8.58. The zero-order valence-corrected chi connectivity index (χ0v) is 15.5. The van der Waals surface area contributed by atoms with Crippen LogP contribution in [0.4, 0.5) is 5.69 Å². The summed E-state index contributed by atoms with van der Waals surface area (Å²) in [5.41, 5.74) is 1.70. The van der Waals surface area contributed by atoms with Crippen molar-refractivity contribution in [2.75, 3.05) is 11.9 Å². The fraction of sp³-hybridized carbons (Fsp3) is 0.300. The highest BCUT2D eigenvalue weighted by molar-refractivity contribution is 6.30. The Balaban J connectivity index is 1.88. The minimum Gasteiger partial charge on any atom is -0.355 e. The van der Waals surface area contributed by atoms with Crippen LogP contribution >= 0.6 is 11.6 Å². The maximum absolute atomic E-state index is 12.4. The molecule has 4 nitrogen and oxygen atoms in total. The van der Waals surface area contributed by atoms with Crippen molar-refractivity contribution < 1.29 is 9.59 Å². The van der Waals surface area contributed by atoms with Gasteiger partial charge in [-0.3, -0.25) is 9.59 Å². The molecule has 2 aromatic carbocycles. The van der Waals surface area contributed by atoms with Gasteiger partial charge in [0.15, 0.2) is 0 Å². The largest absolute Gasteiger partial charge is 0.355 e. The predicted octanol–water partition coefficient (Wildman–Crippen LogP) is 3.97. The number of halogens is 1. The molecule has 2 rings (SSSR count). The SMILES string of the molecule is Cc1ccc(NC(=O)C(C)(C)C(=O)NCCc2ccc(Cl)cc2)cc1. The van der Waals surface area contributed by atoms with Crippen molar-refractivity contribution in [3.05, 3.63) is 64.7 Å². The minimum atomic E-state index is -1.16. The monoisotopic (exact) mass is 358 g/mol. The van der Waals surface area contributed by atoms with Crippen LogP contribution in [0, 0.1) is 12.3 Å². The van der Waals surface area contributed by atoms with E-state index in [1.165, 1.54) is 0 Å². The van der Waals surface area contributed by atoms with Crippen LogP contribution in [0.25, 0.3) is 0 Å². The van der Waals surface area contributed by atoms with Gasteiger partial charge < -0.3 is 10.6 Å². The smallest absolute Gasteiger partial charge is 0.239 e. The molecular formula is C20H23ClN2O2. The molecule has 0 radical (unpaired) electrons. The van der Waals surface area contributed by atoms with Crippen molar-refractivity contribution in [3.8, 4) is 0 Å². The van der Waals surface area contributed by atoms with E-state index < -0.39 is 5.41 Å². The highest BCUT2D eigenvalue weighted by atomic mass is 35.5. The first kappa shape index (κ1) is 19.0. The number of hydrogen-bond acceptors (Lipinski definition) is 2. The summed E-state index contributed by atoms with van der Waals surface area (Å²) in [4.78, 5) is 24.8. The van der Waals surface area contributed by atoms with E-state index in [0.717, 1.165) is 11.1 Å². The Bertz CT molecular complexity index is 737. The fourth-order valence-electron chi connectivity index (χ4n) is 2.22. The molecule has 0 unspecified atom stereocenters. The minimum absolute atomic E-state index is 0.300. The molecule has 0 bridgehead atoms. The number of carbonyl (C=O) groups excluding carboxylic acids is 2. The zero-order chi connectivity index (χ0) is 18.4. The van der Waals surface area contributed by atoms with Gasteiger partial charge >= 0.3 is 0 Å². The van der Waals surface area contributed by atoms with Crippen molar-refractivity contribution >= 4 is 29.1 Å². The van der Waals surface area contributed by atoms with Crippen molar-refractivity contribution in [2.24, 2.45) is 5.41 Å². The molecule has 132 valence electrons. The maximum Gasteiger partial charge on any atom is 0.239 e. The normalized spacial score (nSPS) is 11.0. The second-order valence-electron chi connectivity index (χ2n) is 6.58. The third-order valence-corrected chi connectivity index (χ3v) is 4.31. The Kier molecular flexibility index (Phi) is 6.21. The van der Waals surface area contributed by atoms with Gasteiger partial charge in [0, 0.05) is 17.3 Å². The molecule has 2 amide bonds. The summed E-state index contributed by atoms with van der Waals surface area (Å²) in [6.07, 6.45) is 0.679. The van der Waals surface area contributed by atoms with Gasteiger partial charge in [0.2, 0.25) is 11.8 Å². The highest BCUT2D eigenvalue weighted by Gasteiger charge is 2.35. The van der Waals surface area contributed by atoms with Crippen LogP contribution < -0.4 is 10.6 Å². The lowest BCUT2D eigenvalue weighted by Crippen LogP contribution is -2.45. The molecule has 0 saturated carbocycles. The van der Waals surface area contributed by atoms with Gasteiger partial charge in [-0.2, -0.15) is 0 Å². The molecule has 0 spiro atoms. The summed E-state index contributed by atoms with van der Waals surface area (Å²) in [6.45, 7) is 5.67. The molecule has 0 aliphatic heterocycles. The molecule has 0 aliphatic rings. The van der Waals surface area contributed by atoms with Gasteiger partial charge in [-0.15, -0.1) is 0 Å². The zero-order valence-electron chi connectivity index (χ0n) is 14.7. The summed E-state index contributed by atoms with van der Waals surface area (Å²) >= 11 is 5.85. The van der Waals surface area contributed by atoms with Crippen LogP contribution in [-0.4, -0.2) is 18.4 Å². The van der Waals surface area contributed by atoms with Crippen molar-refractivity contribution in [1.82, 2.24) is 5.32 Å². The lowest BCUT2D eigenvalue weighted by molar-refractivity contribution is -0.138. The predicted molar refractivity (Wildman–Crippen MR) is 102 cm³/mol. The topological polar surface area (TPSA) is 58.2 Å². The molecule has 0 fully saturated rings. The standard InChI is InChI=1S/C20H23ClN2O2/c1-14-4-10-17(11-5-14)23-19(25)20(2,3)18(24)22-13-12-15-6-8-16(21)9-7-15/h4-11H,12-13H2,1-3H3,(H,22,24)(H,23,25). The number of hydrogen-bond donors (Lipinski definition) is 2. The summed E-state index contributed by atoms with van der Waals surface area (Å²) in [6, 6.07) is 14.9. The molecular weight excluding hydrogens is 336 g/mol. The molecule has 2 N–H and O–H groups in total. The average Bonchev–Trinajstić information content (AvgIpc) is 2.58.